The number of nitrogens with one attached hydrogen (secondary N) is 3. The Labute approximate surface area is 208 Å². The molecule has 3 rings (SSSR count). The minimum atomic E-state index is -0.495. The number of hydrogen-bond donors (Lipinski definition) is 5. The van der Waals surface area contributed by atoms with Crippen LogP contribution >= 0.6 is 11.6 Å². The van der Waals surface area contributed by atoms with Crippen molar-refractivity contribution in [2.75, 3.05) is 45.1 Å². The van der Waals surface area contributed by atoms with Crippen LogP contribution in [0.2, 0.25) is 5.02 Å². The van der Waals surface area contributed by atoms with Gasteiger partial charge in [0.15, 0.2) is 5.96 Å². The number of amides is 1. The molecule has 0 bridgehead atoms. The second-order valence-electron chi connectivity index (χ2n) is 8.90. The summed E-state index contributed by atoms with van der Waals surface area (Å²) in [6.07, 6.45) is 8.34. The Hall–Kier alpha value is -2.36. The van der Waals surface area contributed by atoms with Crippen LogP contribution in [-0.2, 0) is 9.59 Å². The zero-order chi connectivity index (χ0) is 24.8. The summed E-state index contributed by atoms with van der Waals surface area (Å²) in [6, 6.07) is 7.69. The fourth-order valence-corrected chi connectivity index (χ4v) is 5.02. The maximum absolute atomic E-state index is 11.4. The summed E-state index contributed by atoms with van der Waals surface area (Å²) in [7, 11) is 1.88. The number of carbonyl (C=O) groups excluding carboxylic acids is 2. The summed E-state index contributed by atoms with van der Waals surface area (Å²) >= 11 is 5.64. The van der Waals surface area contributed by atoms with Crippen LogP contribution in [0.4, 0.5) is 5.69 Å². The van der Waals surface area contributed by atoms with Gasteiger partial charge in [-0.15, -0.1) is 0 Å². The Balaban J connectivity index is 0.000000379. The molecule has 2 fully saturated rings. The highest BCUT2D eigenvalue weighted by Gasteiger charge is 2.42. The largest absolute Gasteiger partial charge is 0.388 e. The fourth-order valence-electron chi connectivity index (χ4n) is 4.90. The first-order valence-corrected chi connectivity index (χ1v) is 12.5. The van der Waals surface area contributed by atoms with E-state index in [2.05, 4.69) is 25.8 Å². The zero-order valence-corrected chi connectivity index (χ0v) is 20.9. The molecule has 1 aromatic rings. The molecule has 1 unspecified atom stereocenters. The number of nitrogens with two attached hydrogens (primary N) is 2. The summed E-state index contributed by atoms with van der Waals surface area (Å²) < 4.78 is 0. The Morgan fingerprint density at radius 3 is 2.53 bits per heavy atom. The summed E-state index contributed by atoms with van der Waals surface area (Å²) in [4.78, 5) is 28.6. The molecule has 1 amide bonds. The number of anilines is 1. The number of guanidine groups is 1. The van der Waals surface area contributed by atoms with Crippen molar-refractivity contribution in [1.82, 2.24) is 15.5 Å². The first kappa shape index (κ1) is 27.9. The normalized spacial score (nSPS) is 19.4. The number of likely N-dealkylation sites (tertiary alicyclic amines) is 1. The number of hydrogen-bond acceptors (Lipinski definition) is 6. The molecule has 2 aliphatic rings. The van der Waals surface area contributed by atoms with Gasteiger partial charge in [-0.05, 0) is 49.9 Å². The van der Waals surface area contributed by atoms with Gasteiger partial charge in [-0.3, -0.25) is 19.5 Å². The van der Waals surface area contributed by atoms with Crippen molar-refractivity contribution in [3.63, 3.8) is 0 Å². The Bertz CT molecular complexity index is 778. The number of nitrogens with zero attached hydrogens (tertiary/aromatic N) is 2. The minimum Gasteiger partial charge on any atom is -0.388 e. The number of carbonyl (C=O) groups is 2. The average molecular weight is 494 g/mol. The van der Waals surface area contributed by atoms with Gasteiger partial charge in [-0.1, -0.05) is 30.9 Å². The molecule has 190 valence electrons. The number of aldehydes is 1. The van der Waals surface area contributed by atoms with E-state index in [1.807, 2.05) is 31.3 Å². The first-order valence-electron chi connectivity index (χ1n) is 12.1. The lowest BCUT2D eigenvalue weighted by atomic mass is 9.73. The molecule has 1 spiro atoms. The molecule has 0 aromatic heterocycles. The van der Waals surface area contributed by atoms with Gasteiger partial charge in [0.1, 0.15) is 0 Å². The second-order valence-corrected chi connectivity index (χ2v) is 9.34. The summed E-state index contributed by atoms with van der Waals surface area (Å²) in [5.74, 6) is -0.367. The quantitative estimate of drug-likeness (QED) is 0.116. The smallest absolute Gasteiger partial charge is 0.284 e. The van der Waals surface area contributed by atoms with Gasteiger partial charge in [-0.2, -0.15) is 0 Å². The van der Waals surface area contributed by atoms with Crippen LogP contribution in [0.25, 0.3) is 0 Å². The maximum Gasteiger partial charge on any atom is 0.284 e. The van der Waals surface area contributed by atoms with Gasteiger partial charge in [0.2, 0.25) is 6.29 Å². The molecule has 1 heterocycles. The summed E-state index contributed by atoms with van der Waals surface area (Å²) in [5, 5.41) is 10.0. The molecule has 10 heteroatoms. The van der Waals surface area contributed by atoms with Gasteiger partial charge in [0.25, 0.3) is 5.91 Å². The summed E-state index contributed by atoms with van der Waals surface area (Å²) in [5.41, 5.74) is 11.9. The molecule has 1 saturated carbocycles. The monoisotopic (exact) mass is 493 g/mol. The first-order chi connectivity index (χ1) is 16.4. The molecule has 9 nitrogen and oxygen atoms in total. The highest BCUT2D eigenvalue weighted by molar-refractivity contribution is 6.30. The molecule has 0 radical (unpaired) electrons. The predicted molar refractivity (Wildman–Crippen MR) is 139 cm³/mol. The van der Waals surface area contributed by atoms with Gasteiger partial charge in [0, 0.05) is 55.5 Å². The van der Waals surface area contributed by atoms with E-state index in [0.29, 0.717) is 12.8 Å². The average Bonchev–Trinajstić information content (AvgIpc) is 2.83. The van der Waals surface area contributed by atoms with Crippen molar-refractivity contribution in [3.8, 4) is 0 Å². The highest BCUT2D eigenvalue weighted by atomic mass is 35.5. The standard InChI is InChI=1S/C17H32N6O2.C7H8ClN/c18-16(19)21-8-7-20-9-11-23-10-4-14(22-15(25)13-24)12-17(23)5-2-1-3-6-17;1-9-7-4-2-6(8)3-5-7/h13-14,20H,1-12H2,(H,22,25)(H4,18,19,21);2-5,9H,1H3. The van der Waals surface area contributed by atoms with Crippen molar-refractivity contribution in [2.24, 2.45) is 16.5 Å². The third-order valence-corrected chi connectivity index (χ3v) is 6.81. The van der Waals surface area contributed by atoms with Gasteiger partial charge >= 0.3 is 0 Å². The fraction of sp³-hybridized carbons (Fsp3) is 0.625. The van der Waals surface area contributed by atoms with Crippen molar-refractivity contribution in [1.29, 1.82) is 0 Å². The third-order valence-electron chi connectivity index (χ3n) is 6.56. The SMILES string of the molecule is CNc1ccc(Cl)cc1.NC(N)=NCCNCCN1CCC(NC(=O)C=O)CC12CCCCC2. The van der Waals surface area contributed by atoms with Gasteiger partial charge in [0.05, 0.1) is 6.54 Å². The molecule has 1 atom stereocenters. The minimum absolute atomic E-state index is 0.113. The second kappa shape index (κ2) is 14.8. The Kier molecular flexibility index (Phi) is 12.1. The zero-order valence-electron chi connectivity index (χ0n) is 20.2. The van der Waals surface area contributed by atoms with Crippen LogP contribution in [-0.4, -0.2) is 74.4 Å². The van der Waals surface area contributed by atoms with E-state index < -0.39 is 5.91 Å². The Morgan fingerprint density at radius 1 is 1.21 bits per heavy atom. The van der Waals surface area contributed by atoms with Gasteiger partial charge < -0.3 is 27.4 Å². The van der Waals surface area contributed by atoms with E-state index in [0.717, 1.165) is 49.7 Å². The number of halogens is 1. The molecule has 1 aliphatic heterocycles. The molecule has 34 heavy (non-hydrogen) atoms. The number of aliphatic imine (C=N–C) groups is 1. The third kappa shape index (κ3) is 9.48. The molecular weight excluding hydrogens is 454 g/mol. The van der Waals surface area contributed by atoms with E-state index in [-0.39, 0.29) is 17.5 Å². The lowest BCUT2D eigenvalue weighted by Crippen LogP contribution is -2.60. The van der Waals surface area contributed by atoms with Gasteiger partial charge in [-0.25, -0.2) is 0 Å². The van der Waals surface area contributed by atoms with Crippen LogP contribution in [0.15, 0.2) is 29.3 Å². The lowest BCUT2D eigenvalue weighted by molar-refractivity contribution is -0.132. The van der Waals surface area contributed by atoms with Crippen molar-refractivity contribution in [2.45, 2.75) is 56.5 Å². The van der Waals surface area contributed by atoms with Crippen molar-refractivity contribution < 1.29 is 9.59 Å². The molecule has 7 N–H and O–H groups in total. The van der Waals surface area contributed by atoms with E-state index in [9.17, 15) is 9.59 Å². The Morgan fingerprint density at radius 2 is 1.91 bits per heavy atom. The number of benzene rings is 1. The van der Waals surface area contributed by atoms with Crippen molar-refractivity contribution >= 4 is 35.4 Å². The molecule has 1 aromatic carbocycles. The van der Waals surface area contributed by atoms with E-state index in [1.54, 1.807) is 0 Å². The van der Waals surface area contributed by atoms with Crippen LogP contribution in [0.1, 0.15) is 44.9 Å². The predicted octanol–water partition coefficient (Wildman–Crippen LogP) is 1.71. The molecule has 1 aliphatic carbocycles. The van der Waals surface area contributed by atoms with Crippen LogP contribution in [0.3, 0.4) is 0 Å². The topological polar surface area (TPSA) is 138 Å². The highest BCUT2D eigenvalue weighted by Crippen LogP contribution is 2.40. The van der Waals surface area contributed by atoms with E-state index in [1.165, 1.54) is 32.1 Å². The van der Waals surface area contributed by atoms with Crippen LogP contribution in [0.5, 0.6) is 0 Å². The lowest BCUT2D eigenvalue weighted by Gasteiger charge is -2.52. The number of piperidine rings is 1. The van der Waals surface area contributed by atoms with Crippen molar-refractivity contribution in [3.05, 3.63) is 29.3 Å². The summed E-state index contributed by atoms with van der Waals surface area (Å²) in [6.45, 7) is 4.19. The van der Waals surface area contributed by atoms with Crippen LogP contribution in [0, 0.1) is 0 Å². The van der Waals surface area contributed by atoms with Crippen LogP contribution < -0.4 is 27.4 Å². The van der Waals surface area contributed by atoms with E-state index >= 15 is 0 Å². The number of rotatable bonds is 9. The maximum atomic E-state index is 11.4. The molecular formula is C24H40ClN7O2. The van der Waals surface area contributed by atoms with E-state index in [4.69, 9.17) is 23.1 Å². The molecule has 1 saturated heterocycles.